The Bertz CT molecular complexity index is 1050. The van der Waals surface area contributed by atoms with Crippen LogP contribution < -0.4 is 0 Å². The molecule has 0 unspecified atom stereocenters. The van der Waals surface area contributed by atoms with Crippen molar-refractivity contribution < 1.29 is 5.11 Å². The van der Waals surface area contributed by atoms with E-state index >= 15 is 0 Å². The smallest absolute Gasteiger partial charge is 0.123 e. The largest absolute Gasteiger partial charge is 0.507 e. The normalized spacial score (nSPS) is 11.1. The maximum absolute atomic E-state index is 10.1. The number of pyridine rings is 1. The third-order valence-corrected chi connectivity index (χ3v) is 4.35. The fraction of sp³-hybridized carbons (Fsp3) is 0.0952. The highest BCUT2D eigenvalue weighted by atomic mass is 16.3. The first kappa shape index (κ1) is 14.5. The molecule has 118 valence electrons. The molecule has 0 atom stereocenters. The zero-order chi connectivity index (χ0) is 16.7. The van der Waals surface area contributed by atoms with Gasteiger partial charge in [-0.1, -0.05) is 30.3 Å². The standard InChI is InChI=1S/C21H18N2O/c1-13-12-18(14(2)22-13)20-9-5-8-19(23-20)16-10-11-21(24)17-7-4-3-6-15(16)17/h3-12,22,24H,1-2H3. The predicted molar refractivity (Wildman–Crippen MR) is 98.1 cm³/mol. The Morgan fingerprint density at radius 2 is 1.50 bits per heavy atom. The first-order chi connectivity index (χ1) is 11.6. The molecule has 0 aliphatic carbocycles. The molecule has 2 N–H and O–H groups in total. The van der Waals surface area contributed by atoms with Crippen LogP contribution in [0.1, 0.15) is 11.4 Å². The lowest BCUT2D eigenvalue weighted by molar-refractivity contribution is 0.481. The van der Waals surface area contributed by atoms with Crippen molar-refractivity contribution in [2.24, 2.45) is 0 Å². The minimum atomic E-state index is 0.294. The monoisotopic (exact) mass is 314 g/mol. The summed E-state index contributed by atoms with van der Waals surface area (Å²) >= 11 is 0. The third-order valence-electron chi connectivity index (χ3n) is 4.35. The number of rotatable bonds is 2. The highest BCUT2D eigenvalue weighted by molar-refractivity contribution is 5.99. The molecule has 0 saturated carbocycles. The molecule has 0 fully saturated rings. The van der Waals surface area contributed by atoms with Crippen molar-refractivity contribution in [2.45, 2.75) is 13.8 Å². The molecular weight excluding hydrogens is 296 g/mol. The Balaban J connectivity index is 1.91. The van der Waals surface area contributed by atoms with E-state index in [2.05, 4.69) is 18.0 Å². The number of hydrogen-bond donors (Lipinski definition) is 2. The second kappa shape index (κ2) is 5.53. The van der Waals surface area contributed by atoms with E-state index in [0.717, 1.165) is 44.7 Å². The minimum Gasteiger partial charge on any atom is -0.507 e. The van der Waals surface area contributed by atoms with Gasteiger partial charge in [0.15, 0.2) is 0 Å². The number of benzene rings is 2. The number of nitrogens with one attached hydrogen (secondary N) is 1. The van der Waals surface area contributed by atoms with Crippen molar-refractivity contribution >= 4 is 10.8 Å². The van der Waals surface area contributed by atoms with Gasteiger partial charge in [-0.05, 0) is 49.6 Å². The van der Waals surface area contributed by atoms with Crippen LogP contribution in [0.25, 0.3) is 33.3 Å². The summed E-state index contributed by atoms with van der Waals surface area (Å²) in [6.07, 6.45) is 0. The fourth-order valence-corrected chi connectivity index (χ4v) is 3.23. The van der Waals surface area contributed by atoms with E-state index in [9.17, 15) is 5.11 Å². The molecule has 2 heterocycles. The van der Waals surface area contributed by atoms with Crippen LogP contribution in [-0.4, -0.2) is 15.1 Å². The van der Waals surface area contributed by atoms with Crippen molar-refractivity contribution in [1.82, 2.24) is 9.97 Å². The number of H-pyrrole nitrogens is 1. The van der Waals surface area contributed by atoms with Crippen LogP contribution in [0.3, 0.4) is 0 Å². The number of aromatic nitrogens is 2. The third kappa shape index (κ3) is 2.35. The van der Waals surface area contributed by atoms with E-state index in [4.69, 9.17) is 4.98 Å². The molecule has 0 spiro atoms. The Kier molecular flexibility index (Phi) is 3.35. The van der Waals surface area contributed by atoms with Crippen molar-refractivity contribution in [3.8, 4) is 28.3 Å². The number of hydrogen-bond acceptors (Lipinski definition) is 2. The van der Waals surface area contributed by atoms with Gasteiger partial charge in [0.2, 0.25) is 0 Å². The average Bonchev–Trinajstić information content (AvgIpc) is 2.94. The molecular formula is C21H18N2O. The molecule has 24 heavy (non-hydrogen) atoms. The van der Waals surface area contributed by atoms with Crippen LogP contribution in [0.2, 0.25) is 0 Å². The van der Waals surface area contributed by atoms with E-state index < -0.39 is 0 Å². The van der Waals surface area contributed by atoms with Crippen molar-refractivity contribution in [3.63, 3.8) is 0 Å². The predicted octanol–water partition coefficient (Wildman–Crippen LogP) is 5.22. The van der Waals surface area contributed by atoms with E-state index in [1.165, 1.54) is 0 Å². The van der Waals surface area contributed by atoms with Gasteiger partial charge < -0.3 is 10.1 Å². The van der Waals surface area contributed by atoms with E-state index in [-0.39, 0.29) is 0 Å². The number of phenols is 1. The number of nitrogens with zero attached hydrogens (tertiary/aromatic N) is 1. The Labute approximate surface area is 140 Å². The van der Waals surface area contributed by atoms with Crippen molar-refractivity contribution in [2.75, 3.05) is 0 Å². The first-order valence-electron chi connectivity index (χ1n) is 7.98. The van der Waals surface area contributed by atoms with Crippen LogP contribution in [0, 0.1) is 13.8 Å². The minimum absolute atomic E-state index is 0.294. The Hall–Kier alpha value is -3.07. The number of aromatic hydroxyl groups is 1. The lowest BCUT2D eigenvalue weighted by Crippen LogP contribution is -1.89. The van der Waals surface area contributed by atoms with Crippen LogP contribution in [-0.2, 0) is 0 Å². The van der Waals surface area contributed by atoms with Gasteiger partial charge in [-0.2, -0.15) is 0 Å². The number of aryl methyl sites for hydroxylation is 2. The topological polar surface area (TPSA) is 48.9 Å². The summed E-state index contributed by atoms with van der Waals surface area (Å²) in [5.41, 5.74) is 6.25. The van der Waals surface area contributed by atoms with Crippen LogP contribution in [0.15, 0.2) is 60.7 Å². The fourth-order valence-electron chi connectivity index (χ4n) is 3.23. The molecule has 2 aromatic carbocycles. The zero-order valence-electron chi connectivity index (χ0n) is 13.7. The van der Waals surface area contributed by atoms with Gasteiger partial charge in [0.1, 0.15) is 5.75 Å². The number of fused-ring (bicyclic) bond motifs is 1. The SMILES string of the molecule is Cc1cc(-c2cccc(-c3ccc(O)c4ccccc34)n2)c(C)[nH]1. The highest BCUT2D eigenvalue weighted by Gasteiger charge is 2.11. The molecule has 0 saturated heterocycles. The van der Waals surface area contributed by atoms with Gasteiger partial charge in [0.25, 0.3) is 0 Å². The van der Waals surface area contributed by atoms with Crippen molar-refractivity contribution in [3.05, 3.63) is 72.1 Å². The highest BCUT2D eigenvalue weighted by Crippen LogP contribution is 2.34. The summed E-state index contributed by atoms with van der Waals surface area (Å²) in [6, 6.07) is 19.7. The maximum Gasteiger partial charge on any atom is 0.123 e. The molecule has 4 aromatic rings. The average molecular weight is 314 g/mol. The summed E-state index contributed by atoms with van der Waals surface area (Å²) in [5, 5.41) is 11.9. The lowest BCUT2D eigenvalue weighted by atomic mass is 10.0. The summed E-state index contributed by atoms with van der Waals surface area (Å²) in [4.78, 5) is 8.19. The van der Waals surface area contributed by atoms with Gasteiger partial charge in [0, 0.05) is 27.9 Å². The second-order valence-electron chi connectivity index (χ2n) is 6.08. The zero-order valence-corrected chi connectivity index (χ0v) is 13.7. The second-order valence-corrected chi connectivity index (χ2v) is 6.08. The van der Waals surface area contributed by atoms with Gasteiger partial charge in [-0.15, -0.1) is 0 Å². The molecule has 0 radical (unpaired) electrons. The molecule has 0 amide bonds. The maximum atomic E-state index is 10.1. The first-order valence-corrected chi connectivity index (χ1v) is 7.98. The van der Waals surface area contributed by atoms with E-state index in [1.54, 1.807) is 6.07 Å². The van der Waals surface area contributed by atoms with Crippen molar-refractivity contribution in [1.29, 1.82) is 0 Å². The molecule has 3 heteroatoms. The molecule has 0 bridgehead atoms. The molecule has 0 aliphatic rings. The summed E-state index contributed by atoms with van der Waals surface area (Å²) < 4.78 is 0. The Morgan fingerprint density at radius 1 is 0.792 bits per heavy atom. The lowest BCUT2D eigenvalue weighted by Gasteiger charge is -2.09. The van der Waals surface area contributed by atoms with Crippen LogP contribution in [0.4, 0.5) is 0 Å². The molecule has 3 nitrogen and oxygen atoms in total. The Morgan fingerprint density at radius 3 is 2.21 bits per heavy atom. The summed E-state index contributed by atoms with van der Waals surface area (Å²) in [7, 11) is 0. The summed E-state index contributed by atoms with van der Waals surface area (Å²) in [6.45, 7) is 4.11. The quantitative estimate of drug-likeness (QED) is 0.533. The van der Waals surface area contributed by atoms with E-state index in [1.807, 2.05) is 55.5 Å². The molecule has 0 aliphatic heterocycles. The number of phenolic OH excluding ortho intramolecular Hbond substituents is 1. The molecule has 4 rings (SSSR count). The van der Waals surface area contributed by atoms with Crippen LogP contribution >= 0.6 is 0 Å². The van der Waals surface area contributed by atoms with Crippen LogP contribution in [0.5, 0.6) is 5.75 Å². The molecule has 2 aromatic heterocycles. The van der Waals surface area contributed by atoms with Gasteiger partial charge in [-0.3, -0.25) is 0 Å². The van der Waals surface area contributed by atoms with E-state index in [0.29, 0.717) is 5.75 Å². The number of aromatic amines is 1. The summed E-state index contributed by atoms with van der Waals surface area (Å²) in [5.74, 6) is 0.294. The van der Waals surface area contributed by atoms with Gasteiger partial charge in [-0.25, -0.2) is 4.98 Å². The van der Waals surface area contributed by atoms with Gasteiger partial charge in [0.05, 0.1) is 11.4 Å². The van der Waals surface area contributed by atoms with Gasteiger partial charge >= 0.3 is 0 Å².